The number of aromatic nitrogens is 2. The van der Waals surface area contributed by atoms with Gasteiger partial charge in [0.2, 0.25) is 5.95 Å². The van der Waals surface area contributed by atoms with Gasteiger partial charge >= 0.3 is 0 Å². The van der Waals surface area contributed by atoms with Crippen LogP contribution in [0.3, 0.4) is 0 Å². The molecular weight excluding hydrogens is 365 g/mol. The Hall–Kier alpha value is -2.79. The van der Waals surface area contributed by atoms with Gasteiger partial charge in [-0.2, -0.15) is 0 Å². The number of nitrogens with one attached hydrogen (secondary N) is 1. The number of carbonyl (C=O) groups excluding carboxylic acids is 1. The lowest BCUT2D eigenvalue weighted by atomic mass is 9.81. The van der Waals surface area contributed by atoms with E-state index in [1.807, 2.05) is 31.2 Å². The van der Waals surface area contributed by atoms with Crippen LogP contribution in [-0.4, -0.2) is 15.8 Å². The number of fused-ring (bicyclic) bond motifs is 1. The SMILES string of the molecule is Cc1nc(Nc2ccc(F)cc2)nc2c1C(=O)CC(c1ccc(Cl)cc1)C2. The number of nitrogens with zero attached hydrogens (tertiary/aromatic N) is 2. The standard InChI is InChI=1S/C21H17ClFN3O/c1-12-20-18(26-21(24-12)25-17-8-6-16(23)7-9-17)10-14(11-19(20)27)13-2-4-15(22)5-3-13/h2-9,14H,10-11H2,1H3,(H,24,25,26). The topological polar surface area (TPSA) is 54.9 Å². The van der Waals surface area contributed by atoms with Gasteiger partial charge < -0.3 is 5.32 Å². The molecule has 0 radical (unpaired) electrons. The van der Waals surface area contributed by atoms with Crippen LogP contribution in [0.5, 0.6) is 0 Å². The van der Waals surface area contributed by atoms with E-state index in [-0.39, 0.29) is 17.5 Å². The van der Waals surface area contributed by atoms with Crippen LogP contribution in [0.1, 0.15) is 39.6 Å². The van der Waals surface area contributed by atoms with Gasteiger partial charge in [0.1, 0.15) is 5.82 Å². The van der Waals surface area contributed by atoms with Gasteiger partial charge in [-0.25, -0.2) is 14.4 Å². The van der Waals surface area contributed by atoms with Gasteiger partial charge in [-0.15, -0.1) is 0 Å². The molecule has 0 aliphatic heterocycles. The van der Waals surface area contributed by atoms with Crippen molar-refractivity contribution in [1.29, 1.82) is 0 Å². The molecule has 0 spiro atoms. The summed E-state index contributed by atoms with van der Waals surface area (Å²) in [6, 6.07) is 13.6. The Morgan fingerprint density at radius 1 is 1.04 bits per heavy atom. The van der Waals surface area contributed by atoms with E-state index in [2.05, 4.69) is 15.3 Å². The Bertz CT molecular complexity index is 1000. The van der Waals surface area contributed by atoms with Gasteiger partial charge in [-0.3, -0.25) is 4.79 Å². The number of carbonyl (C=O) groups is 1. The lowest BCUT2D eigenvalue weighted by molar-refractivity contribution is 0.0962. The first-order valence-electron chi connectivity index (χ1n) is 8.68. The molecule has 27 heavy (non-hydrogen) atoms. The van der Waals surface area contributed by atoms with Crippen LogP contribution in [0, 0.1) is 12.7 Å². The van der Waals surface area contributed by atoms with Crippen molar-refractivity contribution in [2.75, 3.05) is 5.32 Å². The molecule has 6 heteroatoms. The summed E-state index contributed by atoms with van der Waals surface area (Å²) < 4.78 is 13.1. The zero-order valence-electron chi connectivity index (χ0n) is 14.7. The zero-order valence-corrected chi connectivity index (χ0v) is 15.4. The third-order valence-corrected chi connectivity index (χ3v) is 5.01. The first-order chi connectivity index (χ1) is 13.0. The number of halogens is 2. The van der Waals surface area contributed by atoms with Crippen LogP contribution in [0.2, 0.25) is 5.02 Å². The molecule has 1 aliphatic rings. The lowest BCUT2D eigenvalue weighted by Gasteiger charge is -2.24. The van der Waals surface area contributed by atoms with E-state index in [0.29, 0.717) is 40.8 Å². The van der Waals surface area contributed by atoms with Gasteiger partial charge in [0.25, 0.3) is 0 Å². The predicted octanol–water partition coefficient (Wildman–Crippen LogP) is 5.23. The maximum atomic E-state index is 13.1. The van der Waals surface area contributed by atoms with Gasteiger partial charge in [0.05, 0.1) is 17.0 Å². The van der Waals surface area contributed by atoms with Crippen LogP contribution in [0.25, 0.3) is 0 Å². The number of hydrogen-bond acceptors (Lipinski definition) is 4. The summed E-state index contributed by atoms with van der Waals surface area (Å²) in [6.45, 7) is 1.82. The molecular formula is C21H17ClFN3O. The molecule has 3 aromatic rings. The Balaban J connectivity index is 1.65. The van der Waals surface area contributed by atoms with Crippen LogP contribution < -0.4 is 5.32 Å². The summed E-state index contributed by atoms with van der Waals surface area (Å²) in [7, 11) is 0. The minimum atomic E-state index is -0.306. The molecule has 1 heterocycles. The normalized spacial score (nSPS) is 16.1. The largest absolute Gasteiger partial charge is 0.324 e. The van der Waals surface area contributed by atoms with Gasteiger partial charge in [-0.05, 0) is 61.2 Å². The number of hydrogen-bond donors (Lipinski definition) is 1. The average Bonchev–Trinajstić information content (AvgIpc) is 2.63. The first-order valence-corrected chi connectivity index (χ1v) is 9.06. The van der Waals surface area contributed by atoms with Crippen LogP contribution in [0.4, 0.5) is 16.0 Å². The molecule has 0 saturated heterocycles. The quantitative estimate of drug-likeness (QED) is 0.674. The summed E-state index contributed by atoms with van der Waals surface area (Å²) >= 11 is 5.97. The predicted molar refractivity (Wildman–Crippen MR) is 103 cm³/mol. The van der Waals surface area contributed by atoms with Crippen molar-refractivity contribution in [2.24, 2.45) is 0 Å². The molecule has 0 fully saturated rings. The third-order valence-electron chi connectivity index (χ3n) is 4.76. The second-order valence-corrected chi connectivity index (χ2v) is 7.10. The number of anilines is 2. The van der Waals surface area contributed by atoms with Crippen LogP contribution in [-0.2, 0) is 6.42 Å². The summed E-state index contributed by atoms with van der Waals surface area (Å²) in [4.78, 5) is 21.7. The van der Waals surface area contributed by atoms with Crippen molar-refractivity contribution in [2.45, 2.75) is 25.7 Å². The van der Waals surface area contributed by atoms with E-state index in [0.717, 1.165) is 11.3 Å². The molecule has 0 amide bonds. The number of rotatable bonds is 3. The van der Waals surface area contributed by atoms with Crippen molar-refractivity contribution in [1.82, 2.24) is 9.97 Å². The smallest absolute Gasteiger partial charge is 0.227 e. The molecule has 136 valence electrons. The van der Waals surface area contributed by atoms with Gasteiger partial charge in [0.15, 0.2) is 5.78 Å². The van der Waals surface area contributed by atoms with E-state index in [1.54, 1.807) is 12.1 Å². The van der Waals surface area contributed by atoms with Crippen molar-refractivity contribution < 1.29 is 9.18 Å². The highest BCUT2D eigenvalue weighted by atomic mass is 35.5. The minimum Gasteiger partial charge on any atom is -0.324 e. The highest BCUT2D eigenvalue weighted by molar-refractivity contribution is 6.30. The monoisotopic (exact) mass is 381 g/mol. The molecule has 2 aromatic carbocycles. The second kappa shape index (κ2) is 7.08. The minimum absolute atomic E-state index is 0.0574. The summed E-state index contributed by atoms with van der Waals surface area (Å²) in [5, 5.41) is 3.75. The van der Waals surface area contributed by atoms with Crippen molar-refractivity contribution in [3.05, 3.63) is 81.9 Å². The number of aryl methyl sites for hydroxylation is 1. The Labute approximate surface area is 161 Å². The molecule has 0 bridgehead atoms. The number of ketones is 1. The highest BCUT2D eigenvalue weighted by Gasteiger charge is 2.29. The molecule has 4 nitrogen and oxygen atoms in total. The fourth-order valence-electron chi connectivity index (χ4n) is 3.46. The van der Waals surface area contributed by atoms with Gasteiger partial charge in [-0.1, -0.05) is 23.7 Å². The zero-order chi connectivity index (χ0) is 19.0. The number of benzene rings is 2. The maximum Gasteiger partial charge on any atom is 0.227 e. The third kappa shape index (κ3) is 3.69. The van der Waals surface area contributed by atoms with Crippen molar-refractivity contribution in [3.63, 3.8) is 0 Å². The van der Waals surface area contributed by atoms with Crippen LogP contribution >= 0.6 is 11.6 Å². The Kier molecular flexibility index (Phi) is 4.62. The molecule has 0 saturated carbocycles. The maximum absolute atomic E-state index is 13.1. The summed E-state index contributed by atoms with van der Waals surface area (Å²) in [6.07, 6.45) is 1.09. The van der Waals surface area contributed by atoms with E-state index in [9.17, 15) is 9.18 Å². The van der Waals surface area contributed by atoms with E-state index < -0.39 is 0 Å². The molecule has 1 N–H and O–H groups in total. The summed E-state index contributed by atoms with van der Waals surface area (Å²) in [5.41, 5.74) is 3.77. The van der Waals surface area contributed by atoms with Crippen LogP contribution in [0.15, 0.2) is 48.5 Å². The lowest BCUT2D eigenvalue weighted by Crippen LogP contribution is -2.22. The Morgan fingerprint density at radius 3 is 2.44 bits per heavy atom. The molecule has 1 unspecified atom stereocenters. The van der Waals surface area contributed by atoms with E-state index in [1.165, 1.54) is 12.1 Å². The van der Waals surface area contributed by atoms with Gasteiger partial charge in [0, 0.05) is 17.1 Å². The highest BCUT2D eigenvalue weighted by Crippen LogP contribution is 2.34. The molecule has 4 rings (SSSR count). The van der Waals surface area contributed by atoms with Crippen molar-refractivity contribution >= 4 is 29.0 Å². The number of Topliss-reactive ketones (excluding diaryl/α,β-unsaturated/α-hetero) is 1. The summed E-state index contributed by atoms with van der Waals surface area (Å²) in [5.74, 6) is 0.221. The Morgan fingerprint density at radius 2 is 1.74 bits per heavy atom. The first kappa shape index (κ1) is 17.6. The molecule has 1 aliphatic carbocycles. The fraction of sp³-hybridized carbons (Fsp3) is 0.190. The molecule has 1 aromatic heterocycles. The molecule has 1 atom stereocenters. The second-order valence-electron chi connectivity index (χ2n) is 6.67. The van der Waals surface area contributed by atoms with E-state index >= 15 is 0 Å². The average molecular weight is 382 g/mol. The van der Waals surface area contributed by atoms with E-state index in [4.69, 9.17) is 11.6 Å². The van der Waals surface area contributed by atoms with Crippen molar-refractivity contribution in [3.8, 4) is 0 Å². The fourth-order valence-corrected chi connectivity index (χ4v) is 3.59.